The molecule has 6 heteroatoms. The minimum atomic E-state index is 0.0820. The Morgan fingerprint density at radius 2 is 2.47 bits per heavy atom. The molecule has 1 saturated heterocycles. The Labute approximate surface area is 105 Å². The van der Waals surface area contributed by atoms with Gasteiger partial charge in [-0.3, -0.25) is 0 Å². The number of anilines is 1. The van der Waals surface area contributed by atoms with Crippen LogP contribution in [0, 0.1) is 11.3 Å². The highest BCUT2D eigenvalue weighted by molar-refractivity contribution is 6.34. The van der Waals surface area contributed by atoms with E-state index < -0.39 is 0 Å². The fourth-order valence-corrected chi connectivity index (χ4v) is 2.06. The Bertz CT molecular complexity index is 446. The van der Waals surface area contributed by atoms with Crippen LogP contribution in [0.3, 0.4) is 0 Å². The van der Waals surface area contributed by atoms with Crippen molar-refractivity contribution in [1.82, 2.24) is 10.3 Å². The first-order valence-electron chi connectivity index (χ1n) is 5.31. The summed E-state index contributed by atoms with van der Waals surface area (Å²) in [5.74, 6) is 0.529. The van der Waals surface area contributed by atoms with Gasteiger partial charge in [-0.1, -0.05) is 11.6 Å². The molecule has 1 aromatic rings. The molecule has 2 N–H and O–H groups in total. The van der Waals surface area contributed by atoms with Crippen molar-refractivity contribution in [2.24, 2.45) is 0 Å². The van der Waals surface area contributed by atoms with E-state index in [1.54, 1.807) is 19.4 Å². The summed E-state index contributed by atoms with van der Waals surface area (Å²) in [5, 5.41) is 15.7. The molecule has 5 nitrogen and oxygen atoms in total. The van der Waals surface area contributed by atoms with E-state index >= 15 is 0 Å². The normalized spacial score (nSPS) is 23.4. The number of nitriles is 1. The average Bonchev–Trinajstić information content (AvgIpc) is 2.79. The van der Waals surface area contributed by atoms with Crippen LogP contribution in [-0.2, 0) is 4.74 Å². The Balaban J connectivity index is 2.16. The van der Waals surface area contributed by atoms with Crippen LogP contribution in [-0.4, -0.2) is 37.3 Å². The number of hydrogen-bond donors (Lipinski definition) is 2. The summed E-state index contributed by atoms with van der Waals surface area (Å²) >= 11 is 6.07. The first kappa shape index (κ1) is 12.1. The molecule has 2 atom stereocenters. The molecule has 2 heterocycles. The standard InChI is InChI=1S/C11H13ClN4O/c1-17-9-6-14-5-8(9)16-11-10(12)7(4-13)2-3-15-11/h2-3,8-9,14H,5-6H2,1H3,(H,15,16)/t8?,9-/m0/s1. The summed E-state index contributed by atoms with van der Waals surface area (Å²) in [6.07, 6.45) is 1.65. The average molecular weight is 253 g/mol. The van der Waals surface area contributed by atoms with E-state index in [2.05, 4.69) is 15.6 Å². The van der Waals surface area contributed by atoms with E-state index in [0.29, 0.717) is 16.4 Å². The van der Waals surface area contributed by atoms with Gasteiger partial charge in [-0.25, -0.2) is 4.98 Å². The molecule has 90 valence electrons. The highest BCUT2D eigenvalue weighted by Crippen LogP contribution is 2.24. The van der Waals surface area contributed by atoms with Crippen molar-refractivity contribution in [2.45, 2.75) is 12.1 Å². The van der Waals surface area contributed by atoms with Crippen molar-refractivity contribution >= 4 is 17.4 Å². The SMILES string of the molecule is CO[C@H]1CNCC1Nc1nccc(C#N)c1Cl. The molecule has 1 aliphatic heterocycles. The van der Waals surface area contributed by atoms with E-state index in [4.69, 9.17) is 21.6 Å². The summed E-state index contributed by atoms with van der Waals surface area (Å²) in [5.41, 5.74) is 0.420. The molecule has 0 aliphatic carbocycles. The lowest BCUT2D eigenvalue weighted by Crippen LogP contribution is -2.34. The minimum Gasteiger partial charge on any atom is -0.378 e. The fraction of sp³-hybridized carbons (Fsp3) is 0.455. The number of pyridine rings is 1. The Hall–Kier alpha value is -1.35. The van der Waals surface area contributed by atoms with Gasteiger partial charge in [0.1, 0.15) is 16.9 Å². The summed E-state index contributed by atoms with van der Waals surface area (Å²) < 4.78 is 5.33. The topological polar surface area (TPSA) is 70.0 Å². The molecule has 2 rings (SSSR count). The van der Waals surface area contributed by atoms with Gasteiger partial charge in [0.05, 0.1) is 17.7 Å². The van der Waals surface area contributed by atoms with Gasteiger partial charge in [0, 0.05) is 26.4 Å². The maximum Gasteiger partial charge on any atom is 0.146 e. The summed E-state index contributed by atoms with van der Waals surface area (Å²) in [6, 6.07) is 3.73. The zero-order valence-electron chi connectivity index (χ0n) is 9.40. The van der Waals surface area contributed by atoms with Crippen molar-refractivity contribution in [2.75, 3.05) is 25.5 Å². The lowest BCUT2D eigenvalue weighted by Gasteiger charge is -2.19. The van der Waals surface area contributed by atoms with Crippen LogP contribution < -0.4 is 10.6 Å². The fourth-order valence-electron chi connectivity index (χ4n) is 1.85. The zero-order valence-corrected chi connectivity index (χ0v) is 10.2. The van der Waals surface area contributed by atoms with Crippen LogP contribution >= 0.6 is 11.6 Å². The second-order valence-electron chi connectivity index (χ2n) is 3.82. The molecule has 0 aromatic carbocycles. The van der Waals surface area contributed by atoms with Crippen LogP contribution in [0.4, 0.5) is 5.82 Å². The molecule has 0 spiro atoms. The van der Waals surface area contributed by atoms with Gasteiger partial charge in [0.15, 0.2) is 0 Å². The number of methoxy groups -OCH3 is 1. The lowest BCUT2D eigenvalue weighted by atomic mass is 10.2. The predicted octanol–water partition coefficient (Wildman–Crippen LogP) is 1.01. The van der Waals surface area contributed by atoms with E-state index in [1.165, 1.54) is 0 Å². The number of aromatic nitrogens is 1. The molecular formula is C11H13ClN4O. The third-order valence-electron chi connectivity index (χ3n) is 2.79. The van der Waals surface area contributed by atoms with Crippen molar-refractivity contribution in [3.8, 4) is 6.07 Å². The number of hydrogen-bond acceptors (Lipinski definition) is 5. The van der Waals surface area contributed by atoms with Crippen molar-refractivity contribution in [3.05, 3.63) is 22.8 Å². The third-order valence-corrected chi connectivity index (χ3v) is 3.18. The molecule has 1 aromatic heterocycles. The van der Waals surface area contributed by atoms with Gasteiger partial charge in [0.25, 0.3) is 0 Å². The van der Waals surface area contributed by atoms with Crippen LogP contribution in [0.25, 0.3) is 0 Å². The van der Waals surface area contributed by atoms with Crippen LogP contribution in [0.2, 0.25) is 5.02 Å². The van der Waals surface area contributed by atoms with E-state index in [9.17, 15) is 0 Å². The van der Waals surface area contributed by atoms with Gasteiger partial charge in [-0.15, -0.1) is 0 Å². The number of rotatable bonds is 3. The highest BCUT2D eigenvalue weighted by atomic mass is 35.5. The van der Waals surface area contributed by atoms with Crippen LogP contribution in [0.15, 0.2) is 12.3 Å². The van der Waals surface area contributed by atoms with E-state index in [-0.39, 0.29) is 12.1 Å². The first-order chi connectivity index (χ1) is 8.26. The quantitative estimate of drug-likeness (QED) is 0.840. The number of ether oxygens (including phenoxy) is 1. The van der Waals surface area contributed by atoms with Crippen molar-refractivity contribution in [1.29, 1.82) is 5.26 Å². The maximum absolute atomic E-state index is 8.87. The third kappa shape index (κ3) is 2.50. The largest absolute Gasteiger partial charge is 0.378 e. The number of halogens is 1. The number of nitrogens with one attached hydrogen (secondary N) is 2. The Morgan fingerprint density at radius 3 is 3.18 bits per heavy atom. The molecule has 0 radical (unpaired) electrons. The second kappa shape index (κ2) is 5.32. The first-order valence-corrected chi connectivity index (χ1v) is 5.68. The summed E-state index contributed by atoms with van der Waals surface area (Å²) in [4.78, 5) is 4.14. The molecule has 0 amide bonds. The molecule has 0 saturated carbocycles. The van der Waals surface area contributed by atoms with E-state index in [1.807, 2.05) is 6.07 Å². The molecule has 1 unspecified atom stereocenters. The Morgan fingerprint density at radius 1 is 1.65 bits per heavy atom. The monoisotopic (exact) mass is 252 g/mol. The maximum atomic E-state index is 8.87. The summed E-state index contributed by atoms with van der Waals surface area (Å²) in [6.45, 7) is 1.58. The molecule has 17 heavy (non-hydrogen) atoms. The van der Waals surface area contributed by atoms with Gasteiger partial charge in [-0.05, 0) is 6.07 Å². The van der Waals surface area contributed by atoms with Gasteiger partial charge in [-0.2, -0.15) is 5.26 Å². The molecule has 1 fully saturated rings. The van der Waals surface area contributed by atoms with Gasteiger partial charge in [0.2, 0.25) is 0 Å². The van der Waals surface area contributed by atoms with Crippen LogP contribution in [0.5, 0.6) is 0 Å². The van der Waals surface area contributed by atoms with Gasteiger partial charge < -0.3 is 15.4 Å². The minimum absolute atomic E-state index is 0.0820. The van der Waals surface area contributed by atoms with Crippen molar-refractivity contribution in [3.63, 3.8) is 0 Å². The van der Waals surface area contributed by atoms with Crippen molar-refractivity contribution < 1.29 is 4.74 Å². The lowest BCUT2D eigenvalue weighted by molar-refractivity contribution is 0.111. The zero-order chi connectivity index (χ0) is 12.3. The predicted molar refractivity (Wildman–Crippen MR) is 65.0 cm³/mol. The van der Waals surface area contributed by atoms with Crippen LogP contribution in [0.1, 0.15) is 5.56 Å². The highest BCUT2D eigenvalue weighted by Gasteiger charge is 2.27. The smallest absolute Gasteiger partial charge is 0.146 e. The molecule has 1 aliphatic rings. The van der Waals surface area contributed by atoms with E-state index in [0.717, 1.165) is 13.1 Å². The van der Waals surface area contributed by atoms with Gasteiger partial charge >= 0.3 is 0 Å². The number of nitrogens with zero attached hydrogens (tertiary/aromatic N) is 2. The molecular weight excluding hydrogens is 240 g/mol. The Kier molecular flexibility index (Phi) is 3.79. The second-order valence-corrected chi connectivity index (χ2v) is 4.19. The molecule has 0 bridgehead atoms. The summed E-state index contributed by atoms with van der Waals surface area (Å²) in [7, 11) is 1.67.